The van der Waals surface area contributed by atoms with Crippen LogP contribution in [0.1, 0.15) is 18.5 Å². The van der Waals surface area contributed by atoms with Crippen LogP contribution in [0.2, 0.25) is 0 Å². The van der Waals surface area contributed by atoms with E-state index in [-0.39, 0.29) is 25.0 Å². The summed E-state index contributed by atoms with van der Waals surface area (Å²) >= 11 is 0. The molecule has 0 aliphatic carbocycles. The van der Waals surface area contributed by atoms with Gasteiger partial charge in [-0.05, 0) is 24.6 Å². The van der Waals surface area contributed by atoms with E-state index < -0.39 is 11.9 Å². The summed E-state index contributed by atoms with van der Waals surface area (Å²) in [5.74, 6) is -0.231. The summed E-state index contributed by atoms with van der Waals surface area (Å²) in [6, 6.07) is 4.10. The minimum absolute atomic E-state index is 0.167. The molecule has 1 aromatic rings. The predicted molar refractivity (Wildman–Crippen MR) is 62.5 cm³/mol. The molecule has 5 heteroatoms. The van der Waals surface area contributed by atoms with Gasteiger partial charge in [0.05, 0.1) is 26.4 Å². The van der Waals surface area contributed by atoms with E-state index in [0.717, 1.165) is 5.56 Å². The highest BCUT2D eigenvalue weighted by atomic mass is 19.1. The molecule has 0 saturated heterocycles. The van der Waals surface area contributed by atoms with Gasteiger partial charge in [0, 0.05) is 6.04 Å². The van der Waals surface area contributed by atoms with E-state index in [2.05, 4.69) is 5.32 Å². The van der Waals surface area contributed by atoms with Crippen molar-refractivity contribution in [2.75, 3.05) is 20.3 Å². The summed E-state index contributed by atoms with van der Waals surface area (Å²) in [4.78, 5) is 0. The monoisotopic (exact) mass is 243 g/mol. The molecule has 0 aromatic heterocycles. The molecule has 96 valence electrons. The second-order valence-corrected chi connectivity index (χ2v) is 3.84. The first-order chi connectivity index (χ1) is 8.12. The van der Waals surface area contributed by atoms with Crippen molar-refractivity contribution in [3.05, 3.63) is 29.6 Å². The normalized spacial score (nSPS) is 12.8. The zero-order chi connectivity index (χ0) is 12.8. The van der Waals surface area contributed by atoms with Gasteiger partial charge in [-0.3, -0.25) is 0 Å². The van der Waals surface area contributed by atoms with Crippen LogP contribution >= 0.6 is 0 Å². The molecule has 3 N–H and O–H groups in total. The SMILES string of the molecule is COc1ccc(C(C)NC(CO)CO)cc1F. The van der Waals surface area contributed by atoms with Crippen LogP contribution in [0.3, 0.4) is 0 Å². The standard InChI is InChI=1S/C12H18FNO3/c1-8(14-10(6-15)7-16)9-3-4-12(17-2)11(13)5-9/h3-5,8,10,14-16H,6-7H2,1-2H3. The van der Waals surface area contributed by atoms with Crippen molar-refractivity contribution in [1.29, 1.82) is 0 Å². The summed E-state index contributed by atoms with van der Waals surface area (Å²) in [6.45, 7) is 1.50. The van der Waals surface area contributed by atoms with Crippen LogP contribution in [0.4, 0.5) is 4.39 Å². The number of rotatable bonds is 6. The maximum Gasteiger partial charge on any atom is 0.165 e. The van der Waals surface area contributed by atoms with Crippen LogP contribution in [0, 0.1) is 5.82 Å². The second kappa shape index (κ2) is 6.54. The summed E-state index contributed by atoms with van der Waals surface area (Å²) in [5, 5.41) is 20.9. The maximum absolute atomic E-state index is 13.5. The Morgan fingerprint density at radius 1 is 1.35 bits per heavy atom. The van der Waals surface area contributed by atoms with E-state index in [1.165, 1.54) is 13.2 Å². The number of ether oxygens (including phenoxy) is 1. The number of halogens is 1. The number of benzene rings is 1. The van der Waals surface area contributed by atoms with Gasteiger partial charge in [0.1, 0.15) is 0 Å². The van der Waals surface area contributed by atoms with Crippen LogP contribution in [0.25, 0.3) is 0 Å². The van der Waals surface area contributed by atoms with Crippen molar-refractivity contribution in [3.8, 4) is 5.75 Å². The molecule has 0 aliphatic rings. The van der Waals surface area contributed by atoms with Crippen LogP contribution in [0.15, 0.2) is 18.2 Å². The third-order valence-corrected chi connectivity index (χ3v) is 2.60. The third kappa shape index (κ3) is 3.66. The molecule has 0 heterocycles. The van der Waals surface area contributed by atoms with Gasteiger partial charge in [0.25, 0.3) is 0 Å². The van der Waals surface area contributed by atoms with Crippen molar-refractivity contribution in [1.82, 2.24) is 5.32 Å². The number of methoxy groups -OCH3 is 1. The van der Waals surface area contributed by atoms with E-state index in [1.54, 1.807) is 12.1 Å². The van der Waals surface area contributed by atoms with Gasteiger partial charge in [-0.15, -0.1) is 0 Å². The molecule has 0 radical (unpaired) electrons. The molecule has 0 aliphatic heterocycles. The molecule has 17 heavy (non-hydrogen) atoms. The summed E-state index contributed by atoms with van der Waals surface area (Å²) in [6.07, 6.45) is 0. The van der Waals surface area contributed by atoms with Crippen molar-refractivity contribution in [3.63, 3.8) is 0 Å². The van der Waals surface area contributed by atoms with Crippen molar-refractivity contribution >= 4 is 0 Å². The van der Waals surface area contributed by atoms with Gasteiger partial charge in [-0.25, -0.2) is 4.39 Å². The Labute approximate surface area is 100 Å². The van der Waals surface area contributed by atoms with Crippen LogP contribution in [-0.2, 0) is 0 Å². The molecule has 0 spiro atoms. The van der Waals surface area contributed by atoms with Crippen molar-refractivity contribution in [2.24, 2.45) is 0 Å². The van der Waals surface area contributed by atoms with Crippen molar-refractivity contribution in [2.45, 2.75) is 19.0 Å². The van der Waals surface area contributed by atoms with Gasteiger partial charge in [0.15, 0.2) is 11.6 Å². The number of hydrogen-bond donors (Lipinski definition) is 3. The molecule has 4 nitrogen and oxygen atoms in total. The number of aliphatic hydroxyl groups excluding tert-OH is 2. The molecule has 1 aromatic carbocycles. The Morgan fingerprint density at radius 3 is 2.47 bits per heavy atom. The highest BCUT2D eigenvalue weighted by Crippen LogP contribution is 2.21. The maximum atomic E-state index is 13.5. The van der Waals surface area contributed by atoms with E-state index in [4.69, 9.17) is 14.9 Å². The summed E-state index contributed by atoms with van der Waals surface area (Å²) < 4.78 is 18.3. The lowest BCUT2D eigenvalue weighted by molar-refractivity contribution is 0.163. The van der Waals surface area contributed by atoms with Crippen LogP contribution in [0.5, 0.6) is 5.75 Å². The van der Waals surface area contributed by atoms with E-state index >= 15 is 0 Å². The van der Waals surface area contributed by atoms with Gasteiger partial charge >= 0.3 is 0 Å². The topological polar surface area (TPSA) is 61.7 Å². The minimum Gasteiger partial charge on any atom is -0.494 e. The largest absolute Gasteiger partial charge is 0.494 e. The molecule has 0 saturated carbocycles. The highest BCUT2D eigenvalue weighted by molar-refractivity contribution is 5.30. The second-order valence-electron chi connectivity index (χ2n) is 3.84. The smallest absolute Gasteiger partial charge is 0.165 e. The van der Waals surface area contributed by atoms with Crippen molar-refractivity contribution < 1.29 is 19.3 Å². The van der Waals surface area contributed by atoms with E-state index in [9.17, 15) is 4.39 Å². The number of nitrogens with one attached hydrogen (secondary N) is 1. The lowest BCUT2D eigenvalue weighted by Gasteiger charge is -2.20. The van der Waals surface area contributed by atoms with Gasteiger partial charge in [-0.2, -0.15) is 0 Å². The van der Waals surface area contributed by atoms with Crippen LogP contribution in [-0.4, -0.2) is 36.6 Å². The predicted octanol–water partition coefficient (Wildman–Crippen LogP) is 0.838. The minimum atomic E-state index is -0.428. The van der Waals surface area contributed by atoms with E-state index in [0.29, 0.717) is 0 Å². The molecule has 0 amide bonds. The fourth-order valence-electron chi connectivity index (χ4n) is 1.56. The number of aliphatic hydroxyl groups is 2. The molecule has 1 rings (SSSR count). The summed E-state index contributed by atoms with van der Waals surface area (Å²) in [7, 11) is 1.41. The Balaban J connectivity index is 2.75. The van der Waals surface area contributed by atoms with E-state index in [1.807, 2.05) is 6.92 Å². The van der Waals surface area contributed by atoms with Gasteiger partial charge in [-0.1, -0.05) is 6.07 Å². The zero-order valence-corrected chi connectivity index (χ0v) is 9.98. The number of hydrogen-bond acceptors (Lipinski definition) is 4. The molecule has 1 atom stereocenters. The fraction of sp³-hybridized carbons (Fsp3) is 0.500. The van der Waals surface area contributed by atoms with Gasteiger partial charge < -0.3 is 20.3 Å². The Morgan fingerprint density at radius 2 is 2.00 bits per heavy atom. The fourth-order valence-corrected chi connectivity index (χ4v) is 1.56. The first-order valence-corrected chi connectivity index (χ1v) is 5.43. The Bertz CT molecular complexity index is 356. The quantitative estimate of drug-likeness (QED) is 0.693. The molecule has 0 bridgehead atoms. The Hall–Kier alpha value is -1.17. The molecular weight excluding hydrogens is 225 g/mol. The first kappa shape index (κ1) is 13.9. The average molecular weight is 243 g/mol. The summed E-state index contributed by atoms with van der Waals surface area (Å²) in [5.41, 5.74) is 0.732. The Kier molecular flexibility index (Phi) is 5.34. The lowest BCUT2D eigenvalue weighted by atomic mass is 10.1. The highest BCUT2D eigenvalue weighted by Gasteiger charge is 2.13. The lowest BCUT2D eigenvalue weighted by Crippen LogP contribution is -2.37. The average Bonchev–Trinajstić information content (AvgIpc) is 2.35. The van der Waals surface area contributed by atoms with Gasteiger partial charge in [0.2, 0.25) is 0 Å². The first-order valence-electron chi connectivity index (χ1n) is 5.43. The third-order valence-electron chi connectivity index (χ3n) is 2.60. The molecule has 0 fully saturated rings. The molecular formula is C12H18FNO3. The molecule has 1 unspecified atom stereocenters. The van der Waals surface area contributed by atoms with Crippen LogP contribution < -0.4 is 10.1 Å². The zero-order valence-electron chi connectivity index (χ0n) is 9.98.